The molecule has 1 aromatic rings. The third kappa shape index (κ3) is 4.69. The van der Waals surface area contributed by atoms with Gasteiger partial charge in [-0.15, -0.1) is 0 Å². The van der Waals surface area contributed by atoms with E-state index in [4.69, 9.17) is 0 Å². The summed E-state index contributed by atoms with van der Waals surface area (Å²) in [4.78, 5) is 14.1. The van der Waals surface area contributed by atoms with E-state index in [-0.39, 0.29) is 12.6 Å². The van der Waals surface area contributed by atoms with E-state index < -0.39 is 5.60 Å². The highest BCUT2D eigenvalue weighted by Crippen LogP contribution is 2.26. The molecule has 3 N–H and O–H groups in total. The highest BCUT2D eigenvalue weighted by molar-refractivity contribution is 7.08. The SMILES string of the molecule is CC(CNC(=O)NCC(C)(O)c1ccsc1)N(C)C1CC1. The van der Waals surface area contributed by atoms with Crippen molar-refractivity contribution in [3.63, 3.8) is 0 Å². The first-order valence-electron chi connectivity index (χ1n) is 7.39. The maximum absolute atomic E-state index is 11.8. The van der Waals surface area contributed by atoms with E-state index in [1.807, 2.05) is 16.8 Å². The van der Waals surface area contributed by atoms with Crippen LogP contribution in [0.5, 0.6) is 0 Å². The van der Waals surface area contributed by atoms with Crippen molar-refractivity contribution in [1.29, 1.82) is 0 Å². The van der Waals surface area contributed by atoms with E-state index in [1.54, 1.807) is 6.92 Å². The van der Waals surface area contributed by atoms with Gasteiger partial charge in [0.2, 0.25) is 0 Å². The van der Waals surface area contributed by atoms with Gasteiger partial charge in [0.25, 0.3) is 0 Å². The number of carbonyl (C=O) groups excluding carboxylic acids is 1. The molecule has 2 amide bonds. The lowest BCUT2D eigenvalue weighted by molar-refractivity contribution is 0.0597. The standard InChI is InChI=1S/C15H25N3O2S/c1-11(18(3)13-4-5-13)8-16-14(19)17-10-15(2,20)12-6-7-21-9-12/h6-7,9,11,13,20H,4-5,8,10H2,1-3H3,(H2,16,17,19). The van der Waals surface area contributed by atoms with E-state index in [9.17, 15) is 9.90 Å². The Labute approximate surface area is 130 Å². The molecule has 2 unspecified atom stereocenters. The Kier molecular flexibility index (Phi) is 5.24. The van der Waals surface area contributed by atoms with Crippen LogP contribution in [0.1, 0.15) is 32.3 Å². The molecule has 1 aliphatic carbocycles. The lowest BCUT2D eigenvalue weighted by atomic mass is 9.99. The van der Waals surface area contributed by atoms with Gasteiger partial charge in [-0.25, -0.2) is 4.79 Å². The number of aliphatic hydroxyl groups is 1. The summed E-state index contributed by atoms with van der Waals surface area (Å²) in [5.74, 6) is 0. The number of hydrogen-bond acceptors (Lipinski definition) is 4. The lowest BCUT2D eigenvalue weighted by Crippen LogP contribution is -2.47. The van der Waals surface area contributed by atoms with Crippen LogP contribution in [0, 0.1) is 0 Å². The van der Waals surface area contributed by atoms with Gasteiger partial charge in [-0.2, -0.15) is 11.3 Å². The first kappa shape index (κ1) is 16.3. The number of carbonyl (C=O) groups is 1. The van der Waals surface area contributed by atoms with Gasteiger partial charge >= 0.3 is 6.03 Å². The molecule has 1 aromatic heterocycles. The van der Waals surface area contributed by atoms with Gasteiger partial charge in [-0.1, -0.05) is 0 Å². The number of thiophene rings is 1. The van der Waals surface area contributed by atoms with E-state index in [2.05, 4.69) is 29.5 Å². The zero-order chi connectivity index (χ0) is 15.5. The number of likely N-dealkylation sites (N-methyl/N-ethyl adjacent to an activating group) is 1. The van der Waals surface area contributed by atoms with Crippen molar-refractivity contribution >= 4 is 17.4 Å². The van der Waals surface area contributed by atoms with E-state index in [0.717, 1.165) is 5.56 Å². The molecule has 118 valence electrons. The quantitative estimate of drug-likeness (QED) is 0.718. The van der Waals surface area contributed by atoms with Gasteiger partial charge in [-0.3, -0.25) is 4.90 Å². The van der Waals surface area contributed by atoms with Crippen LogP contribution in [-0.4, -0.2) is 48.3 Å². The molecule has 1 aliphatic rings. The Morgan fingerprint density at radius 3 is 2.86 bits per heavy atom. The minimum atomic E-state index is -1.03. The summed E-state index contributed by atoms with van der Waals surface area (Å²) in [6.45, 7) is 4.63. The van der Waals surface area contributed by atoms with E-state index >= 15 is 0 Å². The van der Waals surface area contributed by atoms with Crippen molar-refractivity contribution in [2.75, 3.05) is 20.1 Å². The molecular weight excluding hydrogens is 286 g/mol. The lowest BCUT2D eigenvalue weighted by Gasteiger charge is -2.26. The molecule has 0 bridgehead atoms. The van der Waals surface area contributed by atoms with E-state index in [1.165, 1.54) is 24.2 Å². The number of urea groups is 1. The fourth-order valence-corrected chi connectivity index (χ4v) is 3.00. The largest absolute Gasteiger partial charge is 0.384 e. The van der Waals surface area contributed by atoms with Crippen molar-refractivity contribution in [2.24, 2.45) is 0 Å². The van der Waals surface area contributed by atoms with Gasteiger partial charge < -0.3 is 15.7 Å². The average Bonchev–Trinajstić information content (AvgIpc) is 3.15. The summed E-state index contributed by atoms with van der Waals surface area (Å²) < 4.78 is 0. The molecule has 2 atom stereocenters. The number of amides is 2. The zero-order valence-electron chi connectivity index (χ0n) is 12.9. The molecule has 2 rings (SSSR count). The van der Waals surface area contributed by atoms with Crippen LogP contribution >= 0.6 is 11.3 Å². The molecular formula is C15H25N3O2S. The Balaban J connectivity index is 1.69. The smallest absolute Gasteiger partial charge is 0.314 e. The Morgan fingerprint density at radius 2 is 2.29 bits per heavy atom. The number of hydrogen-bond donors (Lipinski definition) is 3. The number of rotatable bonds is 7. The second kappa shape index (κ2) is 6.77. The molecule has 5 nitrogen and oxygen atoms in total. The summed E-state index contributed by atoms with van der Waals surface area (Å²) in [7, 11) is 2.10. The summed E-state index contributed by atoms with van der Waals surface area (Å²) in [5, 5.41) is 19.7. The highest BCUT2D eigenvalue weighted by Gasteiger charge is 2.29. The third-order valence-corrected chi connectivity index (χ3v) is 4.80. The van der Waals surface area contributed by atoms with Crippen molar-refractivity contribution < 1.29 is 9.90 Å². The van der Waals surface area contributed by atoms with Crippen molar-refractivity contribution in [3.05, 3.63) is 22.4 Å². The predicted molar refractivity (Wildman–Crippen MR) is 85.5 cm³/mol. The second-order valence-electron chi connectivity index (χ2n) is 6.10. The Hall–Kier alpha value is -1.11. The molecule has 6 heteroatoms. The molecule has 1 saturated carbocycles. The molecule has 21 heavy (non-hydrogen) atoms. The van der Waals surface area contributed by atoms with Crippen LogP contribution in [0.25, 0.3) is 0 Å². The van der Waals surface area contributed by atoms with Crippen LogP contribution in [0.4, 0.5) is 4.79 Å². The maximum atomic E-state index is 11.8. The molecule has 0 aliphatic heterocycles. The van der Waals surface area contributed by atoms with Crippen molar-refractivity contribution in [1.82, 2.24) is 15.5 Å². The monoisotopic (exact) mass is 311 g/mol. The molecule has 1 heterocycles. The van der Waals surface area contributed by atoms with Crippen molar-refractivity contribution in [2.45, 2.75) is 44.4 Å². The highest BCUT2D eigenvalue weighted by atomic mass is 32.1. The van der Waals surface area contributed by atoms with E-state index in [0.29, 0.717) is 18.6 Å². The van der Waals surface area contributed by atoms with Gasteiger partial charge in [0.15, 0.2) is 0 Å². The van der Waals surface area contributed by atoms with Crippen molar-refractivity contribution in [3.8, 4) is 0 Å². The summed E-state index contributed by atoms with van der Waals surface area (Å²) in [5.41, 5.74) is -0.206. The zero-order valence-corrected chi connectivity index (χ0v) is 13.7. The second-order valence-corrected chi connectivity index (χ2v) is 6.88. The summed E-state index contributed by atoms with van der Waals surface area (Å²) in [6.07, 6.45) is 2.52. The molecule has 0 spiro atoms. The molecule has 0 saturated heterocycles. The van der Waals surface area contributed by atoms with Crippen LogP contribution in [0.3, 0.4) is 0 Å². The normalized spacial score (nSPS) is 19.1. The first-order valence-corrected chi connectivity index (χ1v) is 8.33. The van der Waals surface area contributed by atoms with Gasteiger partial charge in [0, 0.05) is 18.6 Å². The summed E-state index contributed by atoms with van der Waals surface area (Å²) in [6, 6.07) is 2.64. The fourth-order valence-electron chi connectivity index (χ4n) is 2.21. The number of nitrogens with one attached hydrogen (secondary N) is 2. The molecule has 1 fully saturated rings. The third-order valence-electron chi connectivity index (χ3n) is 4.11. The minimum absolute atomic E-state index is 0.197. The molecule has 0 aromatic carbocycles. The van der Waals surface area contributed by atoms with Crippen LogP contribution in [-0.2, 0) is 5.60 Å². The minimum Gasteiger partial charge on any atom is -0.384 e. The maximum Gasteiger partial charge on any atom is 0.314 e. The topological polar surface area (TPSA) is 64.6 Å². The Morgan fingerprint density at radius 1 is 1.57 bits per heavy atom. The van der Waals surface area contributed by atoms with Crippen LogP contribution < -0.4 is 10.6 Å². The number of nitrogens with zero attached hydrogens (tertiary/aromatic N) is 1. The molecule has 0 radical (unpaired) electrons. The van der Waals surface area contributed by atoms with Crippen LogP contribution in [0.15, 0.2) is 16.8 Å². The fraction of sp³-hybridized carbons (Fsp3) is 0.667. The van der Waals surface area contributed by atoms with Gasteiger partial charge in [0.1, 0.15) is 5.60 Å². The predicted octanol–water partition coefficient (Wildman–Crippen LogP) is 1.74. The van der Waals surface area contributed by atoms with Gasteiger partial charge in [-0.05, 0) is 56.1 Å². The summed E-state index contributed by atoms with van der Waals surface area (Å²) >= 11 is 1.53. The Bertz CT molecular complexity index is 457. The van der Waals surface area contributed by atoms with Crippen LogP contribution in [0.2, 0.25) is 0 Å². The average molecular weight is 311 g/mol. The first-order chi connectivity index (χ1) is 9.90. The van der Waals surface area contributed by atoms with Gasteiger partial charge in [0.05, 0.1) is 6.54 Å².